The van der Waals surface area contributed by atoms with Gasteiger partial charge in [-0.3, -0.25) is 9.69 Å². The van der Waals surface area contributed by atoms with E-state index >= 15 is 0 Å². The highest BCUT2D eigenvalue weighted by molar-refractivity contribution is 8.18. The van der Waals surface area contributed by atoms with Crippen molar-refractivity contribution in [1.82, 2.24) is 4.90 Å². The minimum atomic E-state index is -4.45. The monoisotopic (exact) mass is 378 g/mol. The minimum absolute atomic E-state index is 0.112. The lowest BCUT2D eigenvalue weighted by atomic mass is 10.2. The molecule has 0 radical (unpaired) electrons. The number of aromatic hydroxyl groups is 1. The van der Waals surface area contributed by atoms with Crippen LogP contribution in [0.15, 0.2) is 58.4 Å². The number of aliphatic imine (C=N–C) groups is 1. The van der Waals surface area contributed by atoms with Crippen molar-refractivity contribution in [2.45, 2.75) is 6.18 Å². The Morgan fingerprint density at radius 3 is 2.50 bits per heavy atom. The number of hydrogen-bond donors (Lipinski definition) is 1. The molecule has 134 valence electrons. The van der Waals surface area contributed by atoms with Gasteiger partial charge < -0.3 is 5.11 Å². The summed E-state index contributed by atoms with van der Waals surface area (Å²) in [6.45, 7) is 0. The van der Waals surface area contributed by atoms with Gasteiger partial charge in [-0.2, -0.15) is 13.2 Å². The van der Waals surface area contributed by atoms with Crippen LogP contribution in [0.25, 0.3) is 6.08 Å². The summed E-state index contributed by atoms with van der Waals surface area (Å²) in [6, 6.07) is 10.9. The van der Waals surface area contributed by atoms with Crippen LogP contribution in [0.5, 0.6) is 5.75 Å². The Morgan fingerprint density at radius 1 is 1.15 bits per heavy atom. The maximum Gasteiger partial charge on any atom is 0.416 e. The molecule has 2 aromatic rings. The summed E-state index contributed by atoms with van der Waals surface area (Å²) in [7, 11) is 1.51. The number of thioether (sulfide) groups is 1. The van der Waals surface area contributed by atoms with E-state index in [1.165, 1.54) is 36.2 Å². The molecule has 0 saturated carbocycles. The number of amidine groups is 1. The molecule has 1 N–H and O–H groups in total. The number of rotatable bonds is 2. The highest BCUT2D eigenvalue weighted by atomic mass is 32.2. The van der Waals surface area contributed by atoms with Crippen molar-refractivity contribution < 1.29 is 23.1 Å². The number of alkyl halides is 3. The third kappa shape index (κ3) is 3.91. The van der Waals surface area contributed by atoms with Crippen LogP contribution in [0.4, 0.5) is 18.9 Å². The van der Waals surface area contributed by atoms with E-state index in [1.807, 2.05) is 0 Å². The number of halogens is 3. The summed E-state index contributed by atoms with van der Waals surface area (Å²) in [5.74, 6) is -0.185. The van der Waals surface area contributed by atoms with Crippen molar-refractivity contribution in [2.75, 3.05) is 7.05 Å². The van der Waals surface area contributed by atoms with Crippen LogP contribution < -0.4 is 0 Å². The first kappa shape index (κ1) is 18.1. The number of likely N-dealkylation sites (N-methyl/N-ethyl adjacent to an activating group) is 1. The van der Waals surface area contributed by atoms with Crippen LogP contribution in [-0.4, -0.2) is 28.1 Å². The SMILES string of the molecule is CN1C(=O)C(=Cc2ccc(O)cc2)SC1=Nc1cccc(C(F)(F)F)c1. The Hall–Kier alpha value is -2.74. The molecule has 0 spiro atoms. The Balaban J connectivity index is 1.89. The fourth-order valence-corrected chi connectivity index (χ4v) is 3.22. The number of amides is 1. The van der Waals surface area contributed by atoms with Crippen LogP contribution in [0.2, 0.25) is 0 Å². The average molecular weight is 378 g/mol. The van der Waals surface area contributed by atoms with Gasteiger partial charge in [0, 0.05) is 7.05 Å². The van der Waals surface area contributed by atoms with Crippen molar-refractivity contribution in [3.8, 4) is 5.75 Å². The maximum absolute atomic E-state index is 12.8. The van der Waals surface area contributed by atoms with E-state index in [0.717, 1.165) is 23.9 Å². The van der Waals surface area contributed by atoms with Crippen LogP contribution >= 0.6 is 11.8 Å². The zero-order valence-corrected chi connectivity index (χ0v) is 14.3. The van der Waals surface area contributed by atoms with E-state index in [2.05, 4.69) is 4.99 Å². The zero-order valence-electron chi connectivity index (χ0n) is 13.5. The van der Waals surface area contributed by atoms with Gasteiger partial charge >= 0.3 is 6.18 Å². The lowest BCUT2D eigenvalue weighted by Crippen LogP contribution is -2.23. The lowest BCUT2D eigenvalue weighted by Gasteiger charge is -2.09. The molecule has 0 aliphatic carbocycles. The van der Waals surface area contributed by atoms with E-state index in [0.29, 0.717) is 15.6 Å². The van der Waals surface area contributed by atoms with Gasteiger partial charge in [-0.25, -0.2) is 4.99 Å². The fraction of sp³-hybridized carbons (Fsp3) is 0.111. The molecule has 1 saturated heterocycles. The molecule has 0 bridgehead atoms. The highest BCUT2D eigenvalue weighted by Crippen LogP contribution is 2.35. The topological polar surface area (TPSA) is 52.9 Å². The molecule has 1 aliphatic heterocycles. The third-order valence-electron chi connectivity index (χ3n) is 3.59. The van der Waals surface area contributed by atoms with Gasteiger partial charge in [0.25, 0.3) is 5.91 Å². The summed E-state index contributed by atoms with van der Waals surface area (Å²) in [4.78, 5) is 18.2. The second-order valence-electron chi connectivity index (χ2n) is 5.51. The van der Waals surface area contributed by atoms with E-state index in [9.17, 15) is 23.1 Å². The van der Waals surface area contributed by atoms with Crippen LogP contribution in [0, 0.1) is 0 Å². The first-order valence-electron chi connectivity index (χ1n) is 7.46. The van der Waals surface area contributed by atoms with Gasteiger partial charge in [0.2, 0.25) is 0 Å². The normalized spacial score (nSPS) is 18.2. The second-order valence-corrected chi connectivity index (χ2v) is 6.52. The number of nitrogens with zero attached hydrogens (tertiary/aromatic N) is 2. The van der Waals surface area contributed by atoms with Crippen molar-refractivity contribution >= 4 is 34.6 Å². The number of carbonyl (C=O) groups excluding carboxylic acids is 1. The molecule has 26 heavy (non-hydrogen) atoms. The molecular weight excluding hydrogens is 365 g/mol. The molecule has 2 aromatic carbocycles. The number of phenolic OH excluding ortho intramolecular Hbond substituents is 1. The molecule has 3 rings (SSSR count). The summed E-state index contributed by atoms with van der Waals surface area (Å²) in [5.41, 5.74) is 0.0383. The number of hydrogen-bond acceptors (Lipinski definition) is 4. The average Bonchev–Trinajstić information content (AvgIpc) is 2.84. The Labute approximate surface area is 151 Å². The van der Waals surface area contributed by atoms with Crippen LogP contribution in [0.1, 0.15) is 11.1 Å². The molecule has 4 nitrogen and oxygen atoms in total. The summed E-state index contributed by atoms with van der Waals surface area (Å²) in [5, 5.41) is 9.59. The summed E-state index contributed by atoms with van der Waals surface area (Å²) < 4.78 is 38.4. The Kier molecular flexibility index (Phi) is 4.78. The summed E-state index contributed by atoms with van der Waals surface area (Å²) >= 11 is 1.08. The molecule has 1 heterocycles. The molecular formula is C18H13F3N2O2S. The van der Waals surface area contributed by atoms with Gasteiger partial charge in [0.15, 0.2) is 5.17 Å². The van der Waals surface area contributed by atoms with Gasteiger partial charge in [-0.15, -0.1) is 0 Å². The number of phenols is 1. The molecule has 8 heteroatoms. The van der Waals surface area contributed by atoms with E-state index < -0.39 is 11.7 Å². The van der Waals surface area contributed by atoms with Gasteiger partial charge in [0.05, 0.1) is 16.2 Å². The van der Waals surface area contributed by atoms with Crippen LogP contribution in [-0.2, 0) is 11.0 Å². The third-order valence-corrected chi connectivity index (χ3v) is 4.65. The quantitative estimate of drug-likeness (QED) is 0.775. The summed E-state index contributed by atoms with van der Waals surface area (Å²) in [6.07, 6.45) is -2.82. The lowest BCUT2D eigenvalue weighted by molar-refractivity contribution is -0.137. The minimum Gasteiger partial charge on any atom is -0.508 e. The number of carbonyl (C=O) groups is 1. The first-order chi connectivity index (χ1) is 12.2. The van der Waals surface area contributed by atoms with Crippen molar-refractivity contribution in [2.24, 2.45) is 4.99 Å². The molecule has 0 aromatic heterocycles. The van der Waals surface area contributed by atoms with E-state index in [1.54, 1.807) is 18.2 Å². The van der Waals surface area contributed by atoms with E-state index in [-0.39, 0.29) is 17.3 Å². The first-order valence-corrected chi connectivity index (χ1v) is 8.28. The predicted molar refractivity (Wildman–Crippen MR) is 95.0 cm³/mol. The van der Waals surface area contributed by atoms with Gasteiger partial charge in [-0.05, 0) is 53.7 Å². The van der Waals surface area contributed by atoms with Crippen molar-refractivity contribution in [3.63, 3.8) is 0 Å². The Bertz CT molecular complexity index is 905. The molecule has 1 fully saturated rings. The van der Waals surface area contributed by atoms with E-state index in [4.69, 9.17) is 0 Å². The molecule has 0 atom stereocenters. The highest BCUT2D eigenvalue weighted by Gasteiger charge is 2.32. The molecule has 1 amide bonds. The standard InChI is InChI=1S/C18H13F3N2O2S/c1-23-16(25)15(9-11-5-7-14(24)8-6-11)26-17(23)22-13-4-2-3-12(10-13)18(19,20)21/h2-10,24H,1H3. The zero-order chi connectivity index (χ0) is 18.9. The van der Waals surface area contributed by atoms with Crippen molar-refractivity contribution in [1.29, 1.82) is 0 Å². The molecule has 0 unspecified atom stereocenters. The second kappa shape index (κ2) is 6.87. The van der Waals surface area contributed by atoms with Crippen molar-refractivity contribution in [3.05, 3.63) is 64.6 Å². The Morgan fingerprint density at radius 2 is 1.85 bits per heavy atom. The number of benzene rings is 2. The fourth-order valence-electron chi connectivity index (χ4n) is 2.24. The van der Waals surface area contributed by atoms with Crippen LogP contribution in [0.3, 0.4) is 0 Å². The largest absolute Gasteiger partial charge is 0.508 e. The predicted octanol–water partition coefficient (Wildman–Crippen LogP) is 4.64. The molecule has 1 aliphatic rings. The smallest absolute Gasteiger partial charge is 0.416 e. The van der Waals surface area contributed by atoms with Gasteiger partial charge in [0.1, 0.15) is 5.75 Å². The maximum atomic E-state index is 12.8. The van der Waals surface area contributed by atoms with Gasteiger partial charge in [-0.1, -0.05) is 18.2 Å².